The number of benzene rings is 1. The van der Waals surface area contributed by atoms with Crippen LogP contribution in [-0.2, 0) is 10.1 Å². The molecular weight excluding hydrogens is 267 g/mol. The van der Waals surface area contributed by atoms with Crippen molar-refractivity contribution in [2.45, 2.75) is 12.3 Å². The number of carbonyl (C=O) groups excluding carboxylic acids is 1. The Morgan fingerprint density at radius 3 is 2.71 bits per heavy atom. The minimum atomic E-state index is -0.405. The van der Waals surface area contributed by atoms with Crippen LogP contribution in [-0.4, -0.2) is 13.1 Å². The second-order valence-corrected chi connectivity index (χ2v) is 3.85. The number of aryl methyl sites for hydroxylation is 1. The first-order valence-corrected chi connectivity index (χ1v) is 5.53. The van der Waals surface area contributed by atoms with Gasteiger partial charge in [-0.05, 0) is 30.2 Å². The molecule has 1 aromatic rings. The first-order valence-electron chi connectivity index (χ1n) is 4.03. The Balaban J connectivity index is 3.24. The van der Waals surface area contributed by atoms with Crippen molar-refractivity contribution in [2.75, 3.05) is 7.11 Å². The average Bonchev–Trinajstić information content (AvgIpc) is 2.17. The van der Waals surface area contributed by atoms with Gasteiger partial charge in [0.25, 0.3) is 0 Å². The van der Waals surface area contributed by atoms with E-state index in [0.29, 0.717) is 15.9 Å². The fourth-order valence-corrected chi connectivity index (χ4v) is 2.03. The topological polar surface area (TPSA) is 26.3 Å². The van der Waals surface area contributed by atoms with Gasteiger partial charge in [-0.1, -0.05) is 27.5 Å². The van der Waals surface area contributed by atoms with E-state index in [1.54, 1.807) is 12.1 Å². The molecule has 0 heterocycles. The molecule has 0 amide bonds. The maximum Gasteiger partial charge on any atom is 0.339 e. The van der Waals surface area contributed by atoms with E-state index in [1.165, 1.54) is 7.11 Å². The lowest BCUT2D eigenvalue weighted by atomic mass is 10.1. The highest BCUT2D eigenvalue weighted by Gasteiger charge is 2.12. The van der Waals surface area contributed by atoms with Gasteiger partial charge in [0, 0.05) is 5.33 Å². The standard InChI is InChI=1S/C10H10BrClO2/c1-6-3-9(12)8(10(13)14-2)4-7(6)5-11/h3-4H,5H2,1-2H3. The van der Waals surface area contributed by atoms with Gasteiger partial charge in [-0.2, -0.15) is 0 Å². The first-order chi connectivity index (χ1) is 6.60. The molecule has 14 heavy (non-hydrogen) atoms. The Bertz CT molecular complexity index is 363. The maximum absolute atomic E-state index is 11.3. The zero-order chi connectivity index (χ0) is 10.7. The summed E-state index contributed by atoms with van der Waals surface area (Å²) in [6.07, 6.45) is 0. The van der Waals surface area contributed by atoms with E-state index in [4.69, 9.17) is 11.6 Å². The van der Waals surface area contributed by atoms with E-state index < -0.39 is 5.97 Å². The predicted octanol–water partition coefficient (Wildman–Crippen LogP) is 3.33. The van der Waals surface area contributed by atoms with Crippen molar-refractivity contribution >= 4 is 33.5 Å². The predicted molar refractivity (Wildman–Crippen MR) is 60.2 cm³/mol. The van der Waals surface area contributed by atoms with Crippen LogP contribution in [0.5, 0.6) is 0 Å². The smallest absolute Gasteiger partial charge is 0.339 e. The number of rotatable bonds is 2. The SMILES string of the molecule is COC(=O)c1cc(CBr)c(C)cc1Cl. The van der Waals surface area contributed by atoms with Crippen molar-refractivity contribution < 1.29 is 9.53 Å². The molecule has 0 N–H and O–H groups in total. The summed E-state index contributed by atoms with van der Waals surface area (Å²) in [6.45, 7) is 1.95. The molecule has 1 aromatic carbocycles. The van der Waals surface area contributed by atoms with Gasteiger partial charge in [0.1, 0.15) is 0 Å². The molecule has 0 radical (unpaired) electrons. The van der Waals surface area contributed by atoms with Crippen LogP contribution in [0.25, 0.3) is 0 Å². The Labute approximate surface area is 96.3 Å². The molecule has 0 bridgehead atoms. The zero-order valence-corrected chi connectivity index (χ0v) is 10.3. The minimum absolute atomic E-state index is 0.405. The van der Waals surface area contributed by atoms with Gasteiger partial charge in [0.15, 0.2) is 0 Å². The van der Waals surface area contributed by atoms with Crippen LogP contribution < -0.4 is 0 Å². The largest absolute Gasteiger partial charge is 0.465 e. The third kappa shape index (κ3) is 2.28. The van der Waals surface area contributed by atoms with Gasteiger partial charge < -0.3 is 4.74 Å². The summed E-state index contributed by atoms with van der Waals surface area (Å²) in [5, 5.41) is 1.12. The summed E-state index contributed by atoms with van der Waals surface area (Å²) >= 11 is 9.26. The fraction of sp³-hybridized carbons (Fsp3) is 0.300. The molecule has 0 aliphatic rings. The first kappa shape index (κ1) is 11.5. The highest BCUT2D eigenvalue weighted by molar-refractivity contribution is 9.08. The molecule has 0 fully saturated rings. The molecular formula is C10H10BrClO2. The molecule has 0 aliphatic heterocycles. The highest BCUT2D eigenvalue weighted by Crippen LogP contribution is 2.23. The Morgan fingerprint density at radius 1 is 1.57 bits per heavy atom. The third-order valence-electron chi connectivity index (χ3n) is 1.97. The van der Waals surface area contributed by atoms with Crippen LogP contribution in [0.3, 0.4) is 0 Å². The average molecular weight is 278 g/mol. The molecule has 2 nitrogen and oxygen atoms in total. The van der Waals surface area contributed by atoms with E-state index in [1.807, 2.05) is 6.92 Å². The molecule has 0 unspecified atom stereocenters. The summed E-state index contributed by atoms with van der Waals surface area (Å²) in [5.74, 6) is -0.405. The number of carbonyl (C=O) groups is 1. The van der Waals surface area contributed by atoms with Gasteiger partial charge in [-0.25, -0.2) is 4.79 Å². The van der Waals surface area contributed by atoms with Crippen LogP contribution in [0.4, 0.5) is 0 Å². The van der Waals surface area contributed by atoms with Crippen molar-refractivity contribution in [3.8, 4) is 0 Å². The van der Waals surface area contributed by atoms with Gasteiger partial charge in [0.2, 0.25) is 0 Å². The second-order valence-electron chi connectivity index (χ2n) is 2.88. The van der Waals surface area contributed by atoms with Crippen molar-refractivity contribution in [1.29, 1.82) is 0 Å². The number of hydrogen-bond donors (Lipinski definition) is 0. The normalized spacial score (nSPS) is 10.0. The van der Waals surface area contributed by atoms with E-state index in [2.05, 4.69) is 20.7 Å². The number of esters is 1. The molecule has 0 aromatic heterocycles. The number of hydrogen-bond acceptors (Lipinski definition) is 2. The minimum Gasteiger partial charge on any atom is -0.465 e. The lowest BCUT2D eigenvalue weighted by molar-refractivity contribution is 0.0601. The summed E-state index contributed by atoms with van der Waals surface area (Å²) in [7, 11) is 1.34. The maximum atomic E-state index is 11.3. The zero-order valence-electron chi connectivity index (χ0n) is 7.93. The third-order valence-corrected chi connectivity index (χ3v) is 2.89. The van der Waals surface area contributed by atoms with Crippen LogP contribution in [0.2, 0.25) is 5.02 Å². The Kier molecular flexibility index (Phi) is 3.96. The fourth-order valence-electron chi connectivity index (χ4n) is 1.13. The Hall–Kier alpha value is -0.540. The van der Waals surface area contributed by atoms with Crippen molar-refractivity contribution in [3.63, 3.8) is 0 Å². The van der Waals surface area contributed by atoms with E-state index in [0.717, 1.165) is 11.1 Å². The van der Waals surface area contributed by atoms with Crippen molar-refractivity contribution in [3.05, 3.63) is 33.8 Å². The lowest BCUT2D eigenvalue weighted by Crippen LogP contribution is -2.03. The van der Waals surface area contributed by atoms with Crippen molar-refractivity contribution in [2.24, 2.45) is 0 Å². The summed E-state index contributed by atoms with van der Waals surface area (Å²) < 4.78 is 4.62. The molecule has 0 spiro atoms. The summed E-state index contributed by atoms with van der Waals surface area (Å²) in [5.41, 5.74) is 2.50. The molecule has 0 atom stereocenters. The molecule has 0 saturated carbocycles. The summed E-state index contributed by atoms with van der Waals surface area (Å²) in [6, 6.07) is 3.52. The summed E-state index contributed by atoms with van der Waals surface area (Å²) in [4.78, 5) is 11.3. The monoisotopic (exact) mass is 276 g/mol. The molecule has 76 valence electrons. The lowest BCUT2D eigenvalue weighted by Gasteiger charge is -2.07. The van der Waals surface area contributed by atoms with Gasteiger partial charge in [-0.15, -0.1) is 0 Å². The number of ether oxygens (including phenoxy) is 1. The number of methoxy groups -OCH3 is 1. The van der Waals surface area contributed by atoms with E-state index >= 15 is 0 Å². The van der Waals surface area contributed by atoms with Crippen molar-refractivity contribution in [1.82, 2.24) is 0 Å². The number of halogens is 2. The van der Waals surface area contributed by atoms with Crippen LogP contribution >= 0.6 is 27.5 Å². The molecule has 0 aliphatic carbocycles. The van der Waals surface area contributed by atoms with Gasteiger partial charge in [0.05, 0.1) is 17.7 Å². The van der Waals surface area contributed by atoms with E-state index in [9.17, 15) is 4.79 Å². The van der Waals surface area contributed by atoms with Crippen LogP contribution in [0.1, 0.15) is 21.5 Å². The van der Waals surface area contributed by atoms with Gasteiger partial charge in [-0.3, -0.25) is 0 Å². The van der Waals surface area contributed by atoms with E-state index in [-0.39, 0.29) is 0 Å². The molecule has 1 rings (SSSR count). The second kappa shape index (κ2) is 4.80. The number of alkyl halides is 1. The molecule has 0 saturated heterocycles. The van der Waals surface area contributed by atoms with Gasteiger partial charge >= 0.3 is 5.97 Å². The molecule has 4 heteroatoms. The highest BCUT2D eigenvalue weighted by atomic mass is 79.9. The Morgan fingerprint density at radius 2 is 2.21 bits per heavy atom. The van der Waals surface area contributed by atoms with Crippen LogP contribution in [0, 0.1) is 6.92 Å². The van der Waals surface area contributed by atoms with Crippen LogP contribution in [0.15, 0.2) is 12.1 Å². The quantitative estimate of drug-likeness (QED) is 0.612.